The van der Waals surface area contributed by atoms with Gasteiger partial charge in [-0.2, -0.15) is 0 Å². The van der Waals surface area contributed by atoms with Crippen molar-refractivity contribution in [1.82, 2.24) is 0 Å². The zero-order valence-corrected chi connectivity index (χ0v) is 13.4. The number of benzene rings is 1. The average Bonchev–Trinajstić information content (AvgIpc) is 3.08. The fraction of sp³-hybridized carbons (Fsp3) is 0.333. The first-order valence-corrected chi connectivity index (χ1v) is 7.65. The Morgan fingerprint density at radius 3 is 2.74 bits per heavy atom. The maximum atomic E-state index is 12.7. The van der Waals surface area contributed by atoms with Crippen LogP contribution in [-0.2, 0) is 16.0 Å². The normalized spacial score (nSPS) is 17.7. The Hall–Kier alpha value is -2.56. The van der Waals surface area contributed by atoms with Gasteiger partial charge in [-0.1, -0.05) is 18.2 Å². The molecule has 1 aromatic carbocycles. The van der Waals surface area contributed by atoms with E-state index >= 15 is 0 Å². The van der Waals surface area contributed by atoms with Crippen molar-refractivity contribution >= 4 is 17.6 Å². The van der Waals surface area contributed by atoms with E-state index in [1.54, 1.807) is 24.8 Å². The van der Waals surface area contributed by atoms with Gasteiger partial charge in [0.15, 0.2) is 6.10 Å². The van der Waals surface area contributed by atoms with Gasteiger partial charge in [0, 0.05) is 11.7 Å². The molecule has 0 fully saturated rings. The van der Waals surface area contributed by atoms with Gasteiger partial charge in [-0.15, -0.1) is 0 Å². The highest BCUT2D eigenvalue weighted by Crippen LogP contribution is 2.32. The molecular weight excluding hydrogens is 294 g/mol. The predicted octanol–water partition coefficient (Wildman–Crippen LogP) is 3.11. The molecule has 5 nitrogen and oxygen atoms in total. The number of carbonyl (C=O) groups excluding carboxylic acids is 2. The fourth-order valence-corrected chi connectivity index (χ4v) is 2.97. The molecule has 2 atom stereocenters. The van der Waals surface area contributed by atoms with E-state index in [0.717, 1.165) is 17.7 Å². The van der Waals surface area contributed by atoms with Gasteiger partial charge in [0.2, 0.25) is 0 Å². The summed E-state index contributed by atoms with van der Waals surface area (Å²) in [4.78, 5) is 26.6. The Morgan fingerprint density at radius 1 is 1.30 bits per heavy atom. The molecule has 2 aromatic rings. The van der Waals surface area contributed by atoms with Crippen LogP contribution >= 0.6 is 0 Å². The van der Waals surface area contributed by atoms with Gasteiger partial charge >= 0.3 is 5.97 Å². The number of carbonyl (C=O) groups is 2. The summed E-state index contributed by atoms with van der Waals surface area (Å²) in [6.45, 7) is 5.28. The number of amides is 1. The summed E-state index contributed by atoms with van der Waals surface area (Å²) in [5.74, 6) is -0.274. The number of ether oxygens (including phenoxy) is 1. The van der Waals surface area contributed by atoms with Crippen LogP contribution in [0.15, 0.2) is 41.0 Å². The molecule has 0 bridgehead atoms. The summed E-state index contributed by atoms with van der Waals surface area (Å²) >= 11 is 0. The second-order valence-electron chi connectivity index (χ2n) is 5.83. The van der Waals surface area contributed by atoms with Crippen LogP contribution in [0.2, 0.25) is 0 Å². The summed E-state index contributed by atoms with van der Waals surface area (Å²) in [6, 6.07) is 9.41. The Bertz CT molecular complexity index is 749. The third-order valence-corrected chi connectivity index (χ3v) is 4.16. The minimum absolute atomic E-state index is 0.0525. The Balaban J connectivity index is 1.75. The van der Waals surface area contributed by atoms with Crippen LogP contribution in [0.25, 0.3) is 0 Å². The summed E-state index contributed by atoms with van der Waals surface area (Å²) in [6.07, 6.45) is 1.38. The van der Waals surface area contributed by atoms with Gasteiger partial charge < -0.3 is 14.1 Å². The molecule has 0 saturated heterocycles. The number of hydrogen-bond acceptors (Lipinski definition) is 4. The lowest BCUT2D eigenvalue weighted by Crippen LogP contribution is -2.43. The first kappa shape index (κ1) is 15.3. The van der Waals surface area contributed by atoms with Gasteiger partial charge in [0.05, 0.1) is 6.26 Å². The molecule has 2 heterocycles. The van der Waals surface area contributed by atoms with E-state index < -0.39 is 12.1 Å². The highest BCUT2D eigenvalue weighted by molar-refractivity contribution is 6.01. The van der Waals surface area contributed by atoms with Crippen LogP contribution in [0.3, 0.4) is 0 Å². The molecule has 0 spiro atoms. The molecule has 1 aromatic heterocycles. The van der Waals surface area contributed by atoms with Crippen molar-refractivity contribution < 1.29 is 18.7 Å². The van der Waals surface area contributed by atoms with E-state index in [1.807, 2.05) is 31.2 Å². The third kappa shape index (κ3) is 2.74. The first-order valence-electron chi connectivity index (χ1n) is 7.65. The second kappa shape index (κ2) is 5.91. The average molecular weight is 313 g/mol. The van der Waals surface area contributed by atoms with Crippen molar-refractivity contribution in [2.45, 2.75) is 39.3 Å². The van der Waals surface area contributed by atoms with Crippen LogP contribution in [0.4, 0.5) is 5.69 Å². The SMILES string of the molecule is Cc1occc1C(=O)O[C@@H](C)C(=O)N1c2ccccc2C[C@@H]1C. The monoisotopic (exact) mass is 313 g/mol. The van der Waals surface area contributed by atoms with Crippen LogP contribution in [0.1, 0.15) is 35.5 Å². The van der Waals surface area contributed by atoms with Gasteiger partial charge in [-0.25, -0.2) is 4.79 Å². The number of para-hydroxylation sites is 1. The maximum absolute atomic E-state index is 12.7. The number of fused-ring (bicyclic) bond motifs is 1. The highest BCUT2D eigenvalue weighted by Gasteiger charge is 2.34. The molecule has 0 saturated carbocycles. The zero-order chi connectivity index (χ0) is 16.6. The number of hydrogen-bond donors (Lipinski definition) is 0. The molecule has 0 radical (unpaired) electrons. The Kier molecular flexibility index (Phi) is 3.94. The van der Waals surface area contributed by atoms with Crippen molar-refractivity contribution in [2.24, 2.45) is 0 Å². The number of anilines is 1. The molecule has 0 unspecified atom stereocenters. The van der Waals surface area contributed by atoms with E-state index in [-0.39, 0.29) is 11.9 Å². The summed E-state index contributed by atoms with van der Waals surface area (Å²) in [5.41, 5.74) is 2.38. The lowest BCUT2D eigenvalue weighted by atomic mass is 10.1. The molecule has 0 aliphatic carbocycles. The first-order chi connectivity index (χ1) is 11.0. The molecule has 23 heavy (non-hydrogen) atoms. The standard InChI is InChI=1S/C18H19NO4/c1-11-10-14-6-4-5-7-16(14)19(11)17(20)13(3)23-18(21)15-8-9-22-12(15)2/h4-9,11,13H,10H2,1-3H3/t11-,13-/m0/s1. The lowest BCUT2D eigenvalue weighted by Gasteiger charge is -2.25. The number of nitrogens with zero attached hydrogens (tertiary/aromatic N) is 1. The predicted molar refractivity (Wildman–Crippen MR) is 85.4 cm³/mol. The van der Waals surface area contributed by atoms with Crippen LogP contribution in [-0.4, -0.2) is 24.0 Å². The number of esters is 1. The van der Waals surface area contributed by atoms with Crippen LogP contribution in [0.5, 0.6) is 0 Å². The zero-order valence-electron chi connectivity index (χ0n) is 13.4. The van der Waals surface area contributed by atoms with Crippen LogP contribution < -0.4 is 4.90 Å². The van der Waals surface area contributed by atoms with Gasteiger partial charge in [-0.05, 0) is 44.9 Å². The fourth-order valence-electron chi connectivity index (χ4n) is 2.97. The second-order valence-corrected chi connectivity index (χ2v) is 5.83. The van der Waals surface area contributed by atoms with E-state index in [2.05, 4.69) is 0 Å². The molecule has 120 valence electrons. The minimum Gasteiger partial charge on any atom is -0.469 e. The summed E-state index contributed by atoms with van der Waals surface area (Å²) in [5, 5.41) is 0. The number of furan rings is 1. The molecular formula is C18H19NO4. The van der Waals surface area contributed by atoms with Gasteiger partial charge in [0.25, 0.3) is 5.91 Å². The molecule has 1 aliphatic heterocycles. The topological polar surface area (TPSA) is 59.8 Å². The van der Waals surface area contributed by atoms with Gasteiger partial charge in [-0.3, -0.25) is 4.79 Å². The summed E-state index contributed by atoms with van der Waals surface area (Å²) < 4.78 is 10.4. The highest BCUT2D eigenvalue weighted by atomic mass is 16.5. The maximum Gasteiger partial charge on any atom is 0.342 e. The van der Waals surface area contributed by atoms with Crippen molar-refractivity contribution in [3.63, 3.8) is 0 Å². The lowest BCUT2D eigenvalue weighted by molar-refractivity contribution is -0.126. The van der Waals surface area contributed by atoms with E-state index in [1.165, 1.54) is 6.26 Å². The van der Waals surface area contributed by atoms with E-state index in [9.17, 15) is 9.59 Å². The Labute approximate surface area is 134 Å². The largest absolute Gasteiger partial charge is 0.469 e. The van der Waals surface area contributed by atoms with Crippen molar-refractivity contribution in [3.05, 3.63) is 53.5 Å². The van der Waals surface area contributed by atoms with Crippen molar-refractivity contribution in [1.29, 1.82) is 0 Å². The van der Waals surface area contributed by atoms with Crippen LogP contribution in [0, 0.1) is 6.92 Å². The quantitative estimate of drug-likeness (QED) is 0.817. The molecule has 3 rings (SSSR count). The summed E-state index contributed by atoms with van der Waals surface area (Å²) in [7, 11) is 0. The van der Waals surface area contributed by atoms with Gasteiger partial charge in [0.1, 0.15) is 11.3 Å². The van der Waals surface area contributed by atoms with Crippen molar-refractivity contribution in [2.75, 3.05) is 4.90 Å². The molecule has 0 N–H and O–H groups in total. The molecule has 5 heteroatoms. The number of rotatable bonds is 3. The van der Waals surface area contributed by atoms with Crippen molar-refractivity contribution in [3.8, 4) is 0 Å². The molecule has 1 aliphatic rings. The minimum atomic E-state index is -0.856. The Morgan fingerprint density at radius 2 is 2.04 bits per heavy atom. The smallest absolute Gasteiger partial charge is 0.342 e. The van der Waals surface area contributed by atoms with E-state index in [4.69, 9.17) is 9.15 Å². The molecule has 1 amide bonds. The number of aryl methyl sites for hydroxylation is 1. The third-order valence-electron chi connectivity index (χ3n) is 4.16. The van der Waals surface area contributed by atoms with E-state index in [0.29, 0.717) is 11.3 Å².